The number of rotatable bonds is 4. The number of carboxylic acids is 1. The lowest BCUT2D eigenvalue weighted by molar-refractivity contribution is -0.150. The van der Waals surface area contributed by atoms with Crippen LogP contribution in [0.4, 0.5) is 0 Å². The molecule has 134 valence electrons. The molecular weight excluding hydrogens is 326 g/mol. The monoisotopic (exact) mass is 347 g/mol. The van der Waals surface area contributed by atoms with Gasteiger partial charge in [-0.3, -0.25) is 14.4 Å². The molecule has 1 aliphatic carbocycles. The van der Waals surface area contributed by atoms with Crippen LogP contribution >= 0.6 is 0 Å². The molecule has 2 heterocycles. The van der Waals surface area contributed by atoms with Gasteiger partial charge < -0.3 is 19.4 Å². The maximum absolute atomic E-state index is 12.7. The Morgan fingerprint density at radius 1 is 1.36 bits per heavy atom. The molecule has 8 heteroatoms. The summed E-state index contributed by atoms with van der Waals surface area (Å²) in [6, 6.07) is 0. The minimum Gasteiger partial charge on any atom is -0.481 e. The fraction of sp³-hybridized carbons (Fsp3) is 0.529. The van der Waals surface area contributed by atoms with Crippen molar-refractivity contribution in [1.82, 2.24) is 14.9 Å². The average molecular weight is 347 g/mol. The molecule has 8 nitrogen and oxygen atoms in total. The zero-order valence-corrected chi connectivity index (χ0v) is 14.3. The van der Waals surface area contributed by atoms with Crippen LogP contribution in [0.1, 0.15) is 48.2 Å². The first-order valence-corrected chi connectivity index (χ1v) is 8.32. The van der Waals surface area contributed by atoms with Crippen LogP contribution in [0, 0.1) is 12.3 Å². The van der Waals surface area contributed by atoms with E-state index in [2.05, 4.69) is 10.3 Å². The van der Waals surface area contributed by atoms with E-state index >= 15 is 0 Å². The van der Waals surface area contributed by atoms with E-state index in [9.17, 15) is 19.5 Å². The van der Waals surface area contributed by atoms with Crippen LogP contribution in [0.15, 0.2) is 15.5 Å². The van der Waals surface area contributed by atoms with Crippen molar-refractivity contribution in [2.75, 3.05) is 6.54 Å². The van der Waals surface area contributed by atoms with E-state index in [1.54, 1.807) is 14.0 Å². The van der Waals surface area contributed by atoms with Gasteiger partial charge in [0.05, 0.1) is 11.0 Å². The number of furan rings is 1. The highest BCUT2D eigenvalue weighted by Crippen LogP contribution is 2.36. The van der Waals surface area contributed by atoms with Gasteiger partial charge in [-0.05, 0) is 19.8 Å². The van der Waals surface area contributed by atoms with Gasteiger partial charge in [0.15, 0.2) is 0 Å². The van der Waals surface area contributed by atoms with Crippen molar-refractivity contribution < 1.29 is 19.1 Å². The lowest BCUT2D eigenvalue weighted by atomic mass is 9.74. The van der Waals surface area contributed by atoms with E-state index in [-0.39, 0.29) is 34.5 Å². The summed E-state index contributed by atoms with van der Waals surface area (Å²) >= 11 is 0. The standard InChI is InChI=1S/C17H21N3O5/c1-10-11(12-14(25-10)19-9-20(2)15(12)22)13(21)18-8-17(16(23)24)6-4-3-5-7-17/h9H,3-8H2,1-2H3,(H,18,21)(H,23,24). The molecule has 3 rings (SSSR count). The fourth-order valence-corrected chi connectivity index (χ4v) is 3.49. The molecule has 0 radical (unpaired) electrons. The zero-order valence-electron chi connectivity index (χ0n) is 14.3. The van der Waals surface area contributed by atoms with Crippen LogP contribution in [0.3, 0.4) is 0 Å². The number of carboxylic acid groups (broad SMARTS) is 1. The minimum atomic E-state index is -0.940. The van der Waals surface area contributed by atoms with Gasteiger partial charge in [-0.2, -0.15) is 0 Å². The van der Waals surface area contributed by atoms with Crippen molar-refractivity contribution in [3.05, 3.63) is 28.0 Å². The highest BCUT2D eigenvalue weighted by atomic mass is 16.4. The average Bonchev–Trinajstić information content (AvgIpc) is 2.93. The molecular formula is C17H21N3O5. The van der Waals surface area contributed by atoms with Crippen LogP contribution in [0.25, 0.3) is 11.1 Å². The normalized spacial score (nSPS) is 16.7. The zero-order chi connectivity index (χ0) is 18.2. The summed E-state index contributed by atoms with van der Waals surface area (Å²) in [6.45, 7) is 1.62. The second kappa shape index (κ2) is 6.34. The van der Waals surface area contributed by atoms with Crippen molar-refractivity contribution in [3.8, 4) is 0 Å². The van der Waals surface area contributed by atoms with Gasteiger partial charge >= 0.3 is 5.97 Å². The van der Waals surface area contributed by atoms with Crippen molar-refractivity contribution in [2.45, 2.75) is 39.0 Å². The molecule has 1 saturated carbocycles. The van der Waals surface area contributed by atoms with Gasteiger partial charge in [0.2, 0.25) is 5.71 Å². The summed E-state index contributed by atoms with van der Waals surface area (Å²) in [7, 11) is 1.54. The van der Waals surface area contributed by atoms with E-state index in [4.69, 9.17) is 4.42 Å². The topological polar surface area (TPSA) is 114 Å². The van der Waals surface area contributed by atoms with Gasteiger partial charge in [-0.1, -0.05) is 19.3 Å². The summed E-state index contributed by atoms with van der Waals surface area (Å²) in [5.74, 6) is -1.11. The molecule has 1 fully saturated rings. The molecule has 0 aromatic carbocycles. The van der Waals surface area contributed by atoms with Gasteiger partial charge in [-0.15, -0.1) is 0 Å². The van der Waals surface area contributed by atoms with Crippen molar-refractivity contribution in [1.29, 1.82) is 0 Å². The van der Waals surface area contributed by atoms with Crippen LogP contribution in [-0.2, 0) is 11.8 Å². The number of nitrogens with zero attached hydrogens (tertiary/aromatic N) is 2. The number of carbonyl (C=O) groups is 2. The molecule has 0 spiro atoms. The van der Waals surface area contributed by atoms with Crippen LogP contribution in [-0.4, -0.2) is 33.1 Å². The number of hydrogen-bond acceptors (Lipinski definition) is 5. The molecule has 0 bridgehead atoms. The summed E-state index contributed by atoms with van der Waals surface area (Å²) in [4.78, 5) is 40.7. The second-order valence-electron chi connectivity index (χ2n) is 6.70. The molecule has 2 N–H and O–H groups in total. The van der Waals surface area contributed by atoms with Crippen molar-refractivity contribution in [2.24, 2.45) is 12.5 Å². The Morgan fingerprint density at radius 2 is 2.04 bits per heavy atom. The number of aromatic nitrogens is 2. The molecule has 0 saturated heterocycles. The highest BCUT2D eigenvalue weighted by Gasteiger charge is 2.40. The summed E-state index contributed by atoms with van der Waals surface area (Å²) in [5, 5.41) is 12.4. The second-order valence-corrected chi connectivity index (χ2v) is 6.70. The number of hydrogen-bond donors (Lipinski definition) is 2. The van der Waals surface area contributed by atoms with E-state index in [1.807, 2.05) is 0 Å². The molecule has 2 aromatic rings. The number of nitrogens with one attached hydrogen (secondary N) is 1. The maximum atomic E-state index is 12.7. The summed E-state index contributed by atoms with van der Waals surface area (Å²) in [6.07, 6.45) is 5.08. The highest BCUT2D eigenvalue weighted by molar-refractivity contribution is 6.06. The Morgan fingerprint density at radius 3 is 2.68 bits per heavy atom. The van der Waals surface area contributed by atoms with E-state index in [1.165, 1.54) is 10.9 Å². The minimum absolute atomic E-state index is 0.0356. The van der Waals surface area contributed by atoms with Crippen LogP contribution < -0.4 is 10.9 Å². The van der Waals surface area contributed by atoms with Crippen LogP contribution in [0.2, 0.25) is 0 Å². The van der Waals surface area contributed by atoms with Crippen LogP contribution in [0.5, 0.6) is 0 Å². The third-order valence-electron chi connectivity index (χ3n) is 5.03. The summed E-state index contributed by atoms with van der Waals surface area (Å²) < 4.78 is 6.69. The molecule has 25 heavy (non-hydrogen) atoms. The third-order valence-corrected chi connectivity index (χ3v) is 5.03. The van der Waals surface area contributed by atoms with E-state index in [0.717, 1.165) is 19.3 Å². The Hall–Kier alpha value is -2.64. The number of carbonyl (C=O) groups excluding carboxylic acids is 1. The number of aliphatic carboxylic acids is 1. The molecule has 1 aliphatic rings. The van der Waals surface area contributed by atoms with Crippen molar-refractivity contribution in [3.63, 3.8) is 0 Å². The van der Waals surface area contributed by atoms with Gasteiger partial charge in [0.25, 0.3) is 11.5 Å². The predicted molar refractivity (Wildman–Crippen MR) is 89.5 cm³/mol. The first-order chi connectivity index (χ1) is 11.9. The van der Waals surface area contributed by atoms with E-state index < -0.39 is 17.3 Å². The Kier molecular flexibility index (Phi) is 4.36. The first kappa shape index (κ1) is 17.2. The van der Waals surface area contributed by atoms with Gasteiger partial charge in [-0.25, -0.2) is 4.98 Å². The SMILES string of the molecule is Cc1oc2ncn(C)c(=O)c2c1C(=O)NCC1(C(=O)O)CCCCC1. The molecule has 0 atom stereocenters. The van der Waals surface area contributed by atoms with Gasteiger partial charge in [0, 0.05) is 13.6 Å². The molecule has 0 unspecified atom stereocenters. The maximum Gasteiger partial charge on any atom is 0.311 e. The quantitative estimate of drug-likeness (QED) is 0.868. The largest absolute Gasteiger partial charge is 0.481 e. The Bertz CT molecular complexity index is 890. The lowest BCUT2D eigenvalue weighted by Gasteiger charge is -2.33. The fourth-order valence-electron chi connectivity index (χ4n) is 3.49. The third kappa shape index (κ3) is 2.92. The van der Waals surface area contributed by atoms with Gasteiger partial charge in [0.1, 0.15) is 17.5 Å². The summed E-state index contributed by atoms with van der Waals surface area (Å²) in [5.41, 5.74) is -1.08. The first-order valence-electron chi connectivity index (χ1n) is 8.32. The Labute approximate surface area is 143 Å². The Balaban J connectivity index is 1.90. The molecule has 0 aliphatic heterocycles. The number of aryl methyl sites for hydroxylation is 2. The number of fused-ring (bicyclic) bond motifs is 1. The van der Waals surface area contributed by atoms with E-state index in [0.29, 0.717) is 12.8 Å². The lowest BCUT2D eigenvalue weighted by Crippen LogP contribution is -2.44. The van der Waals surface area contributed by atoms with Crippen molar-refractivity contribution >= 4 is 23.0 Å². The predicted octanol–water partition coefficient (Wildman–Crippen LogP) is 1.60. The smallest absolute Gasteiger partial charge is 0.311 e. The molecule has 2 aromatic heterocycles. The number of amides is 1. The molecule has 1 amide bonds.